The predicted molar refractivity (Wildman–Crippen MR) is 70.0 cm³/mol. The zero-order valence-corrected chi connectivity index (χ0v) is 11.5. The van der Waals surface area contributed by atoms with Gasteiger partial charge in [0.15, 0.2) is 17.5 Å². The molecule has 0 fully saturated rings. The summed E-state index contributed by atoms with van der Waals surface area (Å²) in [6.45, 7) is 0. The molecule has 0 aliphatic heterocycles. The van der Waals surface area contributed by atoms with Gasteiger partial charge in [-0.1, -0.05) is 17.7 Å². The van der Waals surface area contributed by atoms with Crippen molar-refractivity contribution < 1.29 is 17.6 Å². The lowest BCUT2D eigenvalue weighted by molar-refractivity contribution is 0.445. The van der Waals surface area contributed by atoms with Crippen LogP contribution in [-0.2, 0) is 6.42 Å². The van der Waals surface area contributed by atoms with Crippen molar-refractivity contribution in [3.05, 3.63) is 69.8 Å². The third-order valence-electron chi connectivity index (χ3n) is 2.81. The molecule has 0 N–H and O–H groups in total. The van der Waals surface area contributed by atoms with Gasteiger partial charge in [-0.3, -0.25) is 0 Å². The third-order valence-corrected chi connectivity index (χ3v) is 3.57. The van der Waals surface area contributed by atoms with Crippen molar-refractivity contribution in [2.45, 2.75) is 11.8 Å². The molecule has 0 heterocycles. The summed E-state index contributed by atoms with van der Waals surface area (Å²) in [6, 6.07) is 5.68. The predicted octanol–water partition coefficient (Wildman–Crippen LogP) is 5.42. The summed E-state index contributed by atoms with van der Waals surface area (Å²) >= 11 is 11.8. The number of hydrogen-bond donors (Lipinski definition) is 0. The average molecular weight is 323 g/mol. The Balaban J connectivity index is 2.31. The lowest BCUT2D eigenvalue weighted by Crippen LogP contribution is -2.02. The van der Waals surface area contributed by atoms with E-state index in [0.717, 1.165) is 12.1 Å². The molecule has 1 unspecified atom stereocenters. The minimum Gasteiger partial charge on any atom is -0.207 e. The smallest absolute Gasteiger partial charge is 0.194 e. The molecular weight excluding hydrogens is 315 g/mol. The molecule has 2 aromatic carbocycles. The largest absolute Gasteiger partial charge is 0.207 e. The molecule has 0 bridgehead atoms. The van der Waals surface area contributed by atoms with E-state index in [2.05, 4.69) is 0 Å². The van der Waals surface area contributed by atoms with Crippen molar-refractivity contribution in [3.63, 3.8) is 0 Å². The van der Waals surface area contributed by atoms with Gasteiger partial charge in [0, 0.05) is 10.6 Å². The zero-order valence-electron chi connectivity index (χ0n) is 9.94. The number of rotatable bonds is 3. The maximum absolute atomic E-state index is 13.6. The first-order chi connectivity index (χ1) is 9.40. The Kier molecular flexibility index (Phi) is 4.55. The van der Waals surface area contributed by atoms with Gasteiger partial charge >= 0.3 is 0 Å². The van der Waals surface area contributed by atoms with Gasteiger partial charge in [0.1, 0.15) is 5.82 Å². The molecule has 2 rings (SSSR count). The van der Waals surface area contributed by atoms with E-state index in [4.69, 9.17) is 23.2 Å². The molecule has 1 atom stereocenters. The fourth-order valence-electron chi connectivity index (χ4n) is 1.78. The van der Waals surface area contributed by atoms with Crippen molar-refractivity contribution in [1.82, 2.24) is 0 Å². The number of benzene rings is 2. The summed E-state index contributed by atoms with van der Waals surface area (Å²) in [5, 5.41) is -0.771. The number of alkyl halides is 1. The van der Waals surface area contributed by atoms with E-state index in [1.165, 1.54) is 18.2 Å². The summed E-state index contributed by atoms with van der Waals surface area (Å²) in [4.78, 5) is 0. The fraction of sp³-hybridized carbons (Fsp3) is 0.143. The van der Waals surface area contributed by atoms with E-state index in [1.807, 2.05) is 0 Å². The Morgan fingerprint density at radius 3 is 2.10 bits per heavy atom. The second-order valence-corrected chi connectivity index (χ2v) is 5.10. The first kappa shape index (κ1) is 15.1. The molecule has 20 heavy (non-hydrogen) atoms. The highest BCUT2D eigenvalue weighted by Crippen LogP contribution is 2.31. The normalized spacial score (nSPS) is 12.5. The van der Waals surface area contributed by atoms with Crippen molar-refractivity contribution >= 4 is 23.2 Å². The highest BCUT2D eigenvalue weighted by Gasteiger charge is 2.18. The van der Waals surface area contributed by atoms with E-state index in [9.17, 15) is 17.6 Å². The van der Waals surface area contributed by atoms with Gasteiger partial charge in [-0.25, -0.2) is 17.6 Å². The Labute approximate surface area is 122 Å². The average Bonchev–Trinajstić information content (AvgIpc) is 2.39. The molecule has 0 saturated heterocycles. The summed E-state index contributed by atoms with van der Waals surface area (Å²) < 4.78 is 52.7. The molecule has 0 amide bonds. The quantitative estimate of drug-likeness (QED) is 0.402. The fourth-order valence-corrected chi connectivity index (χ4v) is 2.30. The van der Waals surface area contributed by atoms with E-state index >= 15 is 0 Å². The molecule has 106 valence electrons. The molecule has 6 heteroatoms. The van der Waals surface area contributed by atoms with Gasteiger partial charge in [0.05, 0.1) is 5.38 Å². The Bertz CT molecular complexity index is 600. The van der Waals surface area contributed by atoms with Crippen LogP contribution >= 0.6 is 23.2 Å². The van der Waals surface area contributed by atoms with Crippen LogP contribution in [0.2, 0.25) is 5.02 Å². The van der Waals surface area contributed by atoms with E-state index < -0.39 is 28.6 Å². The van der Waals surface area contributed by atoms with E-state index in [1.54, 1.807) is 0 Å². The summed E-state index contributed by atoms with van der Waals surface area (Å²) in [5.74, 6) is -4.82. The third kappa shape index (κ3) is 3.07. The van der Waals surface area contributed by atoms with Crippen LogP contribution in [0.15, 0.2) is 30.3 Å². The number of halogens is 6. The maximum atomic E-state index is 13.6. The topological polar surface area (TPSA) is 0 Å². The van der Waals surface area contributed by atoms with Crippen molar-refractivity contribution in [2.75, 3.05) is 0 Å². The molecule has 0 aromatic heterocycles. The van der Waals surface area contributed by atoms with Gasteiger partial charge < -0.3 is 0 Å². The minimum absolute atomic E-state index is 0.0161. The van der Waals surface area contributed by atoms with Crippen molar-refractivity contribution in [1.29, 1.82) is 0 Å². The van der Waals surface area contributed by atoms with Gasteiger partial charge in [0.2, 0.25) is 0 Å². The Morgan fingerprint density at radius 2 is 1.55 bits per heavy atom. The first-order valence-corrected chi connectivity index (χ1v) is 6.43. The van der Waals surface area contributed by atoms with Gasteiger partial charge in [-0.05, 0) is 36.2 Å². The van der Waals surface area contributed by atoms with Crippen LogP contribution in [0.1, 0.15) is 16.5 Å². The molecular formula is C14H8Cl2F4. The monoisotopic (exact) mass is 322 g/mol. The van der Waals surface area contributed by atoms with Crippen LogP contribution in [0.3, 0.4) is 0 Å². The lowest BCUT2D eigenvalue weighted by atomic mass is 10.0. The SMILES string of the molecule is Fc1cc(C(Cl)Cc2c(F)cccc2Cl)cc(F)c1F. The molecule has 0 spiro atoms. The standard InChI is InChI=1S/C14H8Cl2F4/c15-9-2-1-3-11(17)8(9)6-10(16)7-4-12(18)14(20)13(19)5-7/h1-5,10H,6H2. The summed E-state index contributed by atoms with van der Waals surface area (Å²) in [7, 11) is 0. The second kappa shape index (κ2) is 6.02. The first-order valence-electron chi connectivity index (χ1n) is 5.61. The van der Waals surface area contributed by atoms with Crippen LogP contribution in [0.5, 0.6) is 0 Å². The second-order valence-electron chi connectivity index (χ2n) is 4.17. The highest BCUT2D eigenvalue weighted by atomic mass is 35.5. The van der Waals surface area contributed by atoms with Crippen molar-refractivity contribution in [3.8, 4) is 0 Å². The van der Waals surface area contributed by atoms with Crippen LogP contribution in [0, 0.1) is 23.3 Å². The van der Waals surface area contributed by atoms with E-state index in [-0.39, 0.29) is 22.6 Å². The maximum Gasteiger partial charge on any atom is 0.194 e. The Morgan fingerprint density at radius 1 is 0.950 bits per heavy atom. The summed E-state index contributed by atoms with van der Waals surface area (Å²) in [6.07, 6.45) is -0.0719. The Hall–Kier alpha value is -1.26. The molecule has 0 aliphatic carbocycles. The van der Waals surface area contributed by atoms with Gasteiger partial charge in [-0.2, -0.15) is 0 Å². The molecule has 0 saturated carbocycles. The van der Waals surface area contributed by atoms with Crippen LogP contribution < -0.4 is 0 Å². The van der Waals surface area contributed by atoms with Crippen LogP contribution in [0.4, 0.5) is 17.6 Å². The zero-order chi connectivity index (χ0) is 14.9. The van der Waals surface area contributed by atoms with Crippen LogP contribution in [0.25, 0.3) is 0 Å². The molecule has 0 radical (unpaired) electrons. The molecule has 0 aliphatic rings. The molecule has 0 nitrogen and oxygen atoms in total. The van der Waals surface area contributed by atoms with Crippen LogP contribution in [-0.4, -0.2) is 0 Å². The molecule has 2 aromatic rings. The highest BCUT2D eigenvalue weighted by molar-refractivity contribution is 6.31. The lowest BCUT2D eigenvalue weighted by Gasteiger charge is -2.12. The minimum atomic E-state index is -1.57. The van der Waals surface area contributed by atoms with Crippen molar-refractivity contribution in [2.24, 2.45) is 0 Å². The van der Waals surface area contributed by atoms with E-state index in [0.29, 0.717) is 0 Å². The van der Waals surface area contributed by atoms with Gasteiger partial charge in [0.25, 0.3) is 0 Å². The number of hydrogen-bond acceptors (Lipinski definition) is 0. The summed E-state index contributed by atoms with van der Waals surface area (Å²) in [5.41, 5.74) is 0.154. The van der Waals surface area contributed by atoms with Gasteiger partial charge in [-0.15, -0.1) is 11.6 Å².